The van der Waals surface area contributed by atoms with Crippen molar-refractivity contribution < 1.29 is 0 Å². The molecule has 1 aromatic carbocycles. The fourth-order valence-electron chi connectivity index (χ4n) is 3.20. The number of nitrogens with one attached hydrogen (secondary N) is 2. The molecular formula is C20H22N6OS. The Labute approximate surface area is 166 Å². The van der Waals surface area contributed by atoms with Gasteiger partial charge in [-0.05, 0) is 13.3 Å². The van der Waals surface area contributed by atoms with Gasteiger partial charge in [0.25, 0.3) is 5.56 Å². The molecular weight excluding hydrogens is 372 g/mol. The summed E-state index contributed by atoms with van der Waals surface area (Å²) in [5.74, 6) is 0.455. The molecule has 28 heavy (non-hydrogen) atoms. The van der Waals surface area contributed by atoms with Crippen LogP contribution < -0.4 is 10.9 Å². The summed E-state index contributed by atoms with van der Waals surface area (Å²) in [6.07, 6.45) is 1.74. The molecule has 7 nitrogen and oxygen atoms in total. The molecule has 8 heteroatoms. The SMILES string of the molecule is CCCc1nn(C)c2c(=O)[nH]c(NCc3sc(-c4ccccc4)nc3C)nc12. The van der Waals surface area contributed by atoms with E-state index in [0.717, 1.165) is 39.7 Å². The topological polar surface area (TPSA) is 88.5 Å². The van der Waals surface area contributed by atoms with Gasteiger partial charge in [0.2, 0.25) is 5.95 Å². The van der Waals surface area contributed by atoms with Crippen molar-refractivity contribution in [1.82, 2.24) is 24.7 Å². The second-order valence-electron chi connectivity index (χ2n) is 6.68. The Morgan fingerprint density at radius 1 is 1.21 bits per heavy atom. The summed E-state index contributed by atoms with van der Waals surface area (Å²) < 4.78 is 1.61. The van der Waals surface area contributed by atoms with Crippen molar-refractivity contribution in [2.75, 3.05) is 5.32 Å². The molecule has 0 fully saturated rings. The molecule has 0 unspecified atom stereocenters. The van der Waals surface area contributed by atoms with Crippen LogP contribution in [0.2, 0.25) is 0 Å². The molecule has 4 rings (SSSR count). The molecule has 0 saturated carbocycles. The van der Waals surface area contributed by atoms with Crippen LogP contribution in [0.25, 0.3) is 21.6 Å². The minimum Gasteiger partial charge on any atom is -0.351 e. The van der Waals surface area contributed by atoms with E-state index in [4.69, 9.17) is 0 Å². The molecule has 4 aromatic rings. The molecule has 0 atom stereocenters. The van der Waals surface area contributed by atoms with E-state index in [1.807, 2.05) is 25.1 Å². The van der Waals surface area contributed by atoms with Crippen LogP contribution >= 0.6 is 11.3 Å². The van der Waals surface area contributed by atoms with E-state index in [9.17, 15) is 4.79 Å². The highest BCUT2D eigenvalue weighted by atomic mass is 32.1. The lowest BCUT2D eigenvalue weighted by Gasteiger charge is -2.05. The van der Waals surface area contributed by atoms with Crippen LogP contribution in [0.5, 0.6) is 0 Å². The summed E-state index contributed by atoms with van der Waals surface area (Å²) in [4.78, 5) is 25.7. The maximum Gasteiger partial charge on any atom is 0.278 e. The number of anilines is 1. The maximum absolute atomic E-state index is 12.5. The molecule has 3 aromatic heterocycles. The smallest absolute Gasteiger partial charge is 0.278 e. The van der Waals surface area contributed by atoms with Gasteiger partial charge in [-0.1, -0.05) is 43.7 Å². The van der Waals surface area contributed by atoms with Gasteiger partial charge in [-0.25, -0.2) is 9.97 Å². The van der Waals surface area contributed by atoms with Crippen LogP contribution in [0.15, 0.2) is 35.1 Å². The quantitative estimate of drug-likeness (QED) is 0.521. The Kier molecular flexibility index (Phi) is 4.95. The Morgan fingerprint density at radius 2 is 2.00 bits per heavy atom. The molecule has 0 saturated heterocycles. The number of thiazole rings is 1. The zero-order chi connectivity index (χ0) is 19.7. The summed E-state index contributed by atoms with van der Waals surface area (Å²) in [5, 5.41) is 8.68. The number of aromatic nitrogens is 5. The fraction of sp³-hybridized carbons (Fsp3) is 0.300. The number of fused-ring (bicyclic) bond motifs is 1. The Balaban J connectivity index is 1.60. The van der Waals surface area contributed by atoms with Crippen molar-refractivity contribution in [1.29, 1.82) is 0 Å². The van der Waals surface area contributed by atoms with E-state index in [-0.39, 0.29) is 5.56 Å². The van der Waals surface area contributed by atoms with E-state index in [2.05, 4.69) is 44.4 Å². The highest BCUT2D eigenvalue weighted by Crippen LogP contribution is 2.28. The third-order valence-electron chi connectivity index (χ3n) is 4.58. The fourth-order valence-corrected chi connectivity index (χ4v) is 4.20. The minimum absolute atomic E-state index is 0.184. The average molecular weight is 395 g/mol. The summed E-state index contributed by atoms with van der Waals surface area (Å²) in [5.41, 5.74) is 3.93. The average Bonchev–Trinajstić information content (AvgIpc) is 3.21. The summed E-state index contributed by atoms with van der Waals surface area (Å²) >= 11 is 1.65. The van der Waals surface area contributed by atoms with E-state index in [1.165, 1.54) is 0 Å². The van der Waals surface area contributed by atoms with Gasteiger partial charge in [0, 0.05) is 17.5 Å². The van der Waals surface area contributed by atoms with Crippen LogP contribution in [0.4, 0.5) is 5.95 Å². The predicted molar refractivity (Wildman–Crippen MR) is 113 cm³/mol. The molecule has 0 bridgehead atoms. The Bertz CT molecular complexity index is 1170. The molecule has 144 valence electrons. The number of hydrogen-bond acceptors (Lipinski definition) is 6. The van der Waals surface area contributed by atoms with Gasteiger partial charge in [0.05, 0.1) is 17.9 Å². The number of rotatable bonds is 6. The Hall–Kier alpha value is -3.00. The van der Waals surface area contributed by atoms with Gasteiger partial charge in [0.1, 0.15) is 10.5 Å². The van der Waals surface area contributed by atoms with E-state index >= 15 is 0 Å². The third kappa shape index (κ3) is 3.43. The molecule has 2 N–H and O–H groups in total. The molecule has 0 spiro atoms. The van der Waals surface area contributed by atoms with Crippen molar-refractivity contribution in [3.05, 3.63) is 57.0 Å². The number of benzene rings is 1. The lowest BCUT2D eigenvalue weighted by molar-refractivity contribution is 0.751. The molecule has 0 aliphatic carbocycles. The van der Waals surface area contributed by atoms with E-state index < -0.39 is 0 Å². The summed E-state index contributed by atoms with van der Waals surface area (Å²) in [7, 11) is 1.78. The zero-order valence-corrected chi connectivity index (χ0v) is 16.9. The monoisotopic (exact) mass is 394 g/mol. The molecule has 0 aliphatic heterocycles. The van der Waals surface area contributed by atoms with E-state index in [0.29, 0.717) is 23.5 Å². The third-order valence-corrected chi connectivity index (χ3v) is 5.79. The van der Waals surface area contributed by atoms with Gasteiger partial charge in [0.15, 0.2) is 5.52 Å². The normalized spacial score (nSPS) is 11.2. The van der Waals surface area contributed by atoms with Crippen molar-refractivity contribution in [3.63, 3.8) is 0 Å². The lowest BCUT2D eigenvalue weighted by Crippen LogP contribution is -2.15. The summed E-state index contributed by atoms with van der Waals surface area (Å²) in [6, 6.07) is 10.1. The first-order valence-corrected chi connectivity index (χ1v) is 10.1. The molecule has 0 aliphatic rings. The summed E-state index contributed by atoms with van der Waals surface area (Å²) in [6.45, 7) is 4.64. The lowest BCUT2D eigenvalue weighted by atomic mass is 10.2. The maximum atomic E-state index is 12.5. The standard InChI is InChI=1S/C20H22N6OS/c1-4-8-14-16-17(26(3)25-14)18(27)24-20(23-16)21-11-15-12(2)22-19(28-15)13-9-6-5-7-10-13/h5-7,9-10H,4,8,11H2,1-3H3,(H2,21,23,24,27). The zero-order valence-electron chi connectivity index (χ0n) is 16.1. The van der Waals surface area contributed by atoms with Gasteiger partial charge < -0.3 is 5.32 Å². The predicted octanol–water partition coefficient (Wildman–Crippen LogP) is 3.65. The number of H-pyrrole nitrogens is 1. The Morgan fingerprint density at radius 3 is 2.75 bits per heavy atom. The van der Waals surface area contributed by atoms with Crippen LogP contribution in [0, 0.1) is 6.92 Å². The number of aryl methyl sites for hydroxylation is 3. The first-order valence-electron chi connectivity index (χ1n) is 9.28. The van der Waals surface area contributed by atoms with Gasteiger partial charge >= 0.3 is 0 Å². The number of hydrogen-bond donors (Lipinski definition) is 2. The number of nitrogens with zero attached hydrogens (tertiary/aromatic N) is 4. The van der Waals surface area contributed by atoms with Crippen LogP contribution in [-0.2, 0) is 20.0 Å². The van der Waals surface area contributed by atoms with Gasteiger partial charge in [-0.2, -0.15) is 5.10 Å². The van der Waals surface area contributed by atoms with Crippen molar-refractivity contribution in [2.45, 2.75) is 33.2 Å². The van der Waals surface area contributed by atoms with Gasteiger partial charge in [-0.15, -0.1) is 11.3 Å². The molecule has 0 amide bonds. The second kappa shape index (κ2) is 7.55. The number of aromatic amines is 1. The molecule has 3 heterocycles. The van der Waals surface area contributed by atoms with Crippen LogP contribution in [0.3, 0.4) is 0 Å². The van der Waals surface area contributed by atoms with Crippen molar-refractivity contribution in [2.24, 2.45) is 7.05 Å². The van der Waals surface area contributed by atoms with Gasteiger partial charge in [-0.3, -0.25) is 14.5 Å². The van der Waals surface area contributed by atoms with Crippen molar-refractivity contribution >= 4 is 28.3 Å². The van der Waals surface area contributed by atoms with Crippen LogP contribution in [-0.4, -0.2) is 24.7 Å². The van der Waals surface area contributed by atoms with E-state index in [1.54, 1.807) is 23.1 Å². The molecule has 0 radical (unpaired) electrons. The minimum atomic E-state index is -0.184. The largest absolute Gasteiger partial charge is 0.351 e. The second-order valence-corrected chi connectivity index (χ2v) is 7.76. The first-order chi connectivity index (χ1) is 13.6. The first kappa shape index (κ1) is 18.4. The van der Waals surface area contributed by atoms with Crippen LogP contribution in [0.1, 0.15) is 29.6 Å². The van der Waals surface area contributed by atoms with Crippen molar-refractivity contribution in [3.8, 4) is 10.6 Å². The highest BCUT2D eigenvalue weighted by Gasteiger charge is 2.15. The highest BCUT2D eigenvalue weighted by molar-refractivity contribution is 7.15.